The van der Waals surface area contributed by atoms with Gasteiger partial charge in [0.2, 0.25) is 0 Å². The molecule has 0 fully saturated rings. The smallest absolute Gasteiger partial charge is 0.412 e. The van der Waals surface area contributed by atoms with Crippen molar-refractivity contribution in [2.75, 3.05) is 5.32 Å². The predicted molar refractivity (Wildman–Crippen MR) is 193 cm³/mol. The summed E-state index contributed by atoms with van der Waals surface area (Å²) in [7, 11) is 0. The number of nitrogens with zero attached hydrogens (tertiary/aromatic N) is 3. The maximum absolute atomic E-state index is 12.6. The number of aromatic amines is 1. The van der Waals surface area contributed by atoms with E-state index < -0.39 is 17.2 Å². The highest BCUT2D eigenvalue weighted by molar-refractivity contribution is 6.00. The van der Waals surface area contributed by atoms with Crippen LogP contribution in [0.1, 0.15) is 62.8 Å². The standard InChI is InChI=1S/C41H39N5O2/c1-27(2)36-33-25-31(44-39(47)48-40(3,4)5)21-22-35(33)45-37(36)32-23-24-42-38-34(32)26-43-46(38)41(28-15-9-6-10-16-28,29-17-11-7-12-18-29)30-19-13-8-14-20-30/h6-27,45H,1-5H3,(H,44,47). The lowest BCUT2D eigenvalue weighted by Gasteiger charge is -2.36. The van der Waals surface area contributed by atoms with Gasteiger partial charge in [0.25, 0.3) is 0 Å². The molecule has 2 N–H and O–H groups in total. The Labute approximate surface area is 280 Å². The van der Waals surface area contributed by atoms with Gasteiger partial charge in [-0.25, -0.2) is 14.5 Å². The second-order valence-electron chi connectivity index (χ2n) is 13.4. The molecule has 48 heavy (non-hydrogen) atoms. The van der Waals surface area contributed by atoms with Gasteiger partial charge in [0.05, 0.1) is 11.9 Å². The van der Waals surface area contributed by atoms with E-state index in [0.29, 0.717) is 5.69 Å². The van der Waals surface area contributed by atoms with E-state index in [-0.39, 0.29) is 5.92 Å². The molecule has 0 atom stereocenters. The van der Waals surface area contributed by atoms with E-state index in [0.717, 1.165) is 55.4 Å². The summed E-state index contributed by atoms with van der Waals surface area (Å²) < 4.78 is 7.58. The van der Waals surface area contributed by atoms with Crippen LogP contribution in [0.3, 0.4) is 0 Å². The molecule has 0 radical (unpaired) electrons. The molecule has 3 aromatic heterocycles. The van der Waals surface area contributed by atoms with Crippen molar-refractivity contribution in [3.8, 4) is 11.3 Å². The first-order valence-electron chi connectivity index (χ1n) is 16.3. The highest BCUT2D eigenvalue weighted by Gasteiger charge is 2.41. The molecule has 0 unspecified atom stereocenters. The fourth-order valence-corrected chi connectivity index (χ4v) is 6.82. The number of hydrogen-bond donors (Lipinski definition) is 2. The van der Waals surface area contributed by atoms with Crippen LogP contribution in [0.2, 0.25) is 0 Å². The second kappa shape index (κ2) is 12.2. The summed E-state index contributed by atoms with van der Waals surface area (Å²) in [6, 6.07) is 39.5. The Balaban J connectivity index is 1.44. The van der Waals surface area contributed by atoms with E-state index in [4.69, 9.17) is 14.8 Å². The molecular weight excluding hydrogens is 594 g/mol. The average molecular weight is 634 g/mol. The average Bonchev–Trinajstić information content (AvgIpc) is 3.68. The number of carbonyl (C=O) groups is 1. The number of ether oxygens (including phenoxy) is 1. The molecule has 0 aliphatic heterocycles. The van der Waals surface area contributed by atoms with Gasteiger partial charge in [0.15, 0.2) is 5.65 Å². The Morgan fingerprint density at radius 3 is 1.92 bits per heavy atom. The van der Waals surface area contributed by atoms with E-state index in [1.54, 1.807) is 0 Å². The minimum absolute atomic E-state index is 0.181. The summed E-state index contributed by atoms with van der Waals surface area (Å²) in [6.45, 7) is 9.94. The number of anilines is 1. The lowest BCUT2D eigenvalue weighted by molar-refractivity contribution is 0.0636. The van der Waals surface area contributed by atoms with Crippen molar-refractivity contribution in [3.05, 3.63) is 150 Å². The van der Waals surface area contributed by atoms with Crippen LogP contribution in [0.25, 0.3) is 33.2 Å². The van der Waals surface area contributed by atoms with E-state index in [2.05, 4.69) is 108 Å². The summed E-state index contributed by atoms with van der Waals surface area (Å²) >= 11 is 0. The van der Waals surface area contributed by atoms with Crippen molar-refractivity contribution >= 4 is 33.7 Å². The highest BCUT2D eigenvalue weighted by Crippen LogP contribution is 2.44. The van der Waals surface area contributed by atoms with Gasteiger partial charge in [0.1, 0.15) is 11.1 Å². The maximum atomic E-state index is 12.6. The summed E-state index contributed by atoms with van der Waals surface area (Å²) in [6.07, 6.45) is 3.32. The van der Waals surface area contributed by atoms with Crippen molar-refractivity contribution in [1.29, 1.82) is 0 Å². The molecule has 240 valence electrons. The molecule has 0 saturated carbocycles. The van der Waals surface area contributed by atoms with Crippen molar-refractivity contribution in [2.45, 2.75) is 51.7 Å². The van der Waals surface area contributed by atoms with Gasteiger partial charge < -0.3 is 9.72 Å². The minimum atomic E-state index is -0.791. The maximum Gasteiger partial charge on any atom is 0.412 e. The first-order valence-corrected chi connectivity index (χ1v) is 16.3. The second-order valence-corrected chi connectivity index (χ2v) is 13.4. The van der Waals surface area contributed by atoms with Gasteiger partial charge in [-0.2, -0.15) is 5.10 Å². The Bertz CT molecular complexity index is 2120. The molecule has 0 aliphatic carbocycles. The SMILES string of the molecule is CC(C)c1c(-c2ccnc3c2cnn3C(c2ccccc2)(c2ccccc2)c2ccccc2)[nH]c2ccc(NC(=O)OC(C)(C)C)cc12. The third-order valence-corrected chi connectivity index (χ3v) is 8.70. The molecule has 1 amide bonds. The number of fused-ring (bicyclic) bond motifs is 2. The van der Waals surface area contributed by atoms with Gasteiger partial charge in [-0.15, -0.1) is 0 Å². The number of rotatable bonds is 7. The van der Waals surface area contributed by atoms with Gasteiger partial charge in [-0.1, -0.05) is 105 Å². The molecule has 4 aromatic carbocycles. The van der Waals surface area contributed by atoms with Gasteiger partial charge in [-0.05, 0) is 73.2 Å². The summed E-state index contributed by atoms with van der Waals surface area (Å²) in [5, 5.41) is 10.0. The first-order chi connectivity index (χ1) is 23.2. The topological polar surface area (TPSA) is 84.8 Å². The van der Waals surface area contributed by atoms with Gasteiger partial charge in [-0.3, -0.25) is 5.32 Å². The molecule has 7 rings (SSSR count). The number of hydrogen-bond acceptors (Lipinski definition) is 4. The summed E-state index contributed by atoms with van der Waals surface area (Å²) in [5.74, 6) is 0.181. The lowest BCUT2D eigenvalue weighted by atomic mass is 9.77. The lowest BCUT2D eigenvalue weighted by Crippen LogP contribution is -2.38. The highest BCUT2D eigenvalue weighted by atomic mass is 16.6. The van der Waals surface area contributed by atoms with Crippen LogP contribution >= 0.6 is 0 Å². The third kappa shape index (κ3) is 5.41. The normalized spacial score (nSPS) is 12.1. The Morgan fingerprint density at radius 2 is 1.38 bits per heavy atom. The molecule has 7 aromatic rings. The zero-order valence-electron chi connectivity index (χ0n) is 27.9. The minimum Gasteiger partial charge on any atom is -0.444 e. The van der Waals surface area contributed by atoms with Crippen LogP contribution in [-0.2, 0) is 10.3 Å². The largest absolute Gasteiger partial charge is 0.444 e. The van der Waals surface area contributed by atoms with E-state index >= 15 is 0 Å². The zero-order valence-corrected chi connectivity index (χ0v) is 27.9. The summed E-state index contributed by atoms with van der Waals surface area (Å²) in [5.41, 5.74) is 7.46. The first kappa shape index (κ1) is 30.9. The Hall–Kier alpha value is -5.69. The zero-order chi connectivity index (χ0) is 33.5. The predicted octanol–water partition coefficient (Wildman–Crippen LogP) is 9.89. The number of H-pyrrole nitrogens is 1. The fourth-order valence-electron chi connectivity index (χ4n) is 6.82. The number of aromatic nitrogens is 4. The number of amides is 1. The number of benzene rings is 4. The fraction of sp³-hybridized carbons (Fsp3) is 0.195. The van der Waals surface area contributed by atoms with E-state index in [1.807, 2.05) is 69.6 Å². The number of carbonyl (C=O) groups excluding carboxylic acids is 1. The molecule has 3 heterocycles. The number of pyridine rings is 1. The van der Waals surface area contributed by atoms with Crippen molar-refractivity contribution in [3.63, 3.8) is 0 Å². The third-order valence-electron chi connectivity index (χ3n) is 8.70. The molecular formula is C41H39N5O2. The van der Waals surface area contributed by atoms with Gasteiger partial charge in [0, 0.05) is 33.7 Å². The Morgan fingerprint density at radius 1 is 0.792 bits per heavy atom. The van der Waals surface area contributed by atoms with Gasteiger partial charge >= 0.3 is 6.09 Å². The molecule has 0 aliphatic rings. The van der Waals surface area contributed by atoms with Crippen molar-refractivity contribution in [2.24, 2.45) is 0 Å². The molecule has 0 saturated heterocycles. The number of nitrogens with one attached hydrogen (secondary N) is 2. The van der Waals surface area contributed by atoms with Crippen molar-refractivity contribution < 1.29 is 9.53 Å². The van der Waals surface area contributed by atoms with Crippen LogP contribution in [0, 0.1) is 0 Å². The molecule has 0 spiro atoms. The van der Waals surface area contributed by atoms with E-state index in [1.165, 1.54) is 0 Å². The van der Waals surface area contributed by atoms with Crippen LogP contribution in [0.5, 0.6) is 0 Å². The monoisotopic (exact) mass is 633 g/mol. The molecule has 7 heteroatoms. The van der Waals surface area contributed by atoms with Crippen LogP contribution in [0.15, 0.2) is 128 Å². The van der Waals surface area contributed by atoms with Crippen LogP contribution < -0.4 is 5.32 Å². The summed E-state index contributed by atoms with van der Waals surface area (Å²) in [4.78, 5) is 21.3. The Kier molecular flexibility index (Phi) is 7.83. The molecule has 7 nitrogen and oxygen atoms in total. The molecule has 0 bridgehead atoms. The quantitative estimate of drug-likeness (QED) is 0.171. The van der Waals surface area contributed by atoms with Crippen LogP contribution in [-0.4, -0.2) is 31.4 Å². The van der Waals surface area contributed by atoms with E-state index in [9.17, 15) is 4.79 Å². The van der Waals surface area contributed by atoms with Crippen LogP contribution in [0.4, 0.5) is 10.5 Å². The van der Waals surface area contributed by atoms with Crippen molar-refractivity contribution in [1.82, 2.24) is 19.7 Å².